The van der Waals surface area contributed by atoms with Crippen LogP contribution in [-0.4, -0.2) is 59.2 Å². The molecule has 2 aromatic rings. The standard InChI is InChI=1S/C42H30Br2N4O6/c1-23(49)19-25(51)21-53-37-9-5-3-7-27(37)39-29-11-15-33(45-29)41(43)35-17-13-31(47-35)40(28-8-4-6-10-38(28)54-22-26(52)20-24(2)50)32-14-18-36(48-32)42(44)34-16-12-30(39)46-34/h3-18H,19-22H2,1-2H3. The van der Waals surface area contributed by atoms with Crippen LogP contribution >= 0.6 is 31.9 Å². The summed E-state index contributed by atoms with van der Waals surface area (Å²) in [5, 5.41) is 0. The van der Waals surface area contributed by atoms with Gasteiger partial charge in [0, 0.05) is 22.3 Å². The third kappa shape index (κ3) is 7.80. The van der Waals surface area contributed by atoms with Gasteiger partial charge in [0.1, 0.15) is 36.3 Å². The van der Waals surface area contributed by atoms with Gasteiger partial charge in [-0.2, -0.15) is 0 Å². The van der Waals surface area contributed by atoms with Crippen LogP contribution in [0.15, 0.2) is 149 Å². The lowest BCUT2D eigenvalue weighted by Crippen LogP contribution is -2.15. The zero-order valence-electron chi connectivity index (χ0n) is 29.1. The molecule has 0 fully saturated rings. The van der Waals surface area contributed by atoms with E-state index in [1.165, 1.54) is 13.8 Å². The Morgan fingerprint density at radius 1 is 0.500 bits per heavy atom. The van der Waals surface area contributed by atoms with E-state index in [0.717, 1.165) is 0 Å². The number of rotatable bonds is 12. The van der Waals surface area contributed by atoms with E-state index in [9.17, 15) is 19.2 Å². The highest BCUT2D eigenvalue weighted by molar-refractivity contribution is 9.12. The SMILES string of the molecule is CC(=O)CC(=O)COc1ccccc1C1=C2C=CC(=N2)C(Br)=C2C=CC(=N2)C(c2ccccc2OCC(=O)CC(C)=O)=C2C=CC(=N2)C(Br)=C2C=CC1=N2. The first kappa shape index (κ1) is 36.6. The molecule has 0 aromatic heterocycles. The Balaban J connectivity index is 1.36. The van der Waals surface area contributed by atoms with Gasteiger partial charge in [-0.15, -0.1) is 0 Å². The van der Waals surface area contributed by atoms with Crippen molar-refractivity contribution in [1.29, 1.82) is 0 Å². The minimum Gasteiger partial charge on any atom is -0.485 e. The number of para-hydroxylation sites is 2. The van der Waals surface area contributed by atoms with Gasteiger partial charge in [-0.1, -0.05) is 36.4 Å². The van der Waals surface area contributed by atoms with Gasteiger partial charge in [-0.25, -0.2) is 20.0 Å². The molecular weight excluding hydrogens is 816 g/mol. The molecule has 0 radical (unpaired) electrons. The van der Waals surface area contributed by atoms with Crippen molar-refractivity contribution >= 4 is 89.0 Å². The molecule has 10 nitrogen and oxygen atoms in total. The van der Waals surface area contributed by atoms with E-state index in [1.807, 2.05) is 85.0 Å². The van der Waals surface area contributed by atoms with E-state index < -0.39 is 0 Å². The molecule has 5 aliphatic heterocycles. The van der Waals surface area contributed by atoms with Gasteiger partial charge in [0.15, 0.2) is 11.6 Å². The fourth-order valence-electron chi connectivity index (χ4n) is 6.14. The van der Waals surface area contributed by atoms with Crippen LogP contribution in [0.25, 0.3) is 11.1 Å². The van der Waals surface area contributed by atoms with Crippen molar-refractivity contribution in [2.24, 2.45) is 20.0 Å². The molecule has 0 amide bonds. The molecule has 54 heavy (non-hydrogen) atoms. The van der Waals surface area contributed by atoms with Crippen LogP contribution in [0, 0.1) is 0 Å². The smallest absolute Gasteiger partial charge is 0.177 e. The van der Waals surface area contributed by atoms with Crippen LogP contribution in [0.5, 0.6) is 11.5 Å². The zero-order chi connectivity index (χ0) is 37.9. The molecule has 0 N–H and O–H groups in total. The van der Waals surface area contributed by atoms with Crippen LogP contribution in [0.4, 0.5) is 0 Å². The molecule has 0 saturated carbocycles. The minimum absolute atomic E-state index is 0.203. The molecular formula is C42H30Br2N4O6. The molecule has 2 aromatic carbocycles. The number of ketones is 4. The van der Waals surface area contributed by atoms with Crippen molar-refractivity contribution < 1.29 is 28.7 Å². The Kier molecular flexibility index (Phi) is 10.7. The first-order valence-electron chi connectivity index (χ1n) is 16.9. The van der Waals surface area contributed by atoms with Crippen molar-refractivity contribution in [2.45, 2.75) is 26.7 Å². The number of hydrogen-bond donors (Lipinski definition) is 0. The van der Waals surface area contributed by atoms with Crippen LogP contribution < -0.4 is 9.47 Å². The van der Waals surface area contributed by atoms with Gasteiger partial charge in [0.05, 0.1) is 67.4 Å². The molecule has 268 valence electrons. The number of benzene rings is 2. The van der Waals surface area contributed by atoms with Crippen molar-refractivity contribution in [3.63, 3.8) is 0 Å². The van der Waals surface area contributed by atoms with Crippen LogP contribution in [-0.2, 0) is 19.2 Å². The quantitative estimate of drug-likeness (QED) is 0.199. The normalized spacial score (nSPS) is 17.0. The van der Waals surface area contributed by atoms with Gasteiger partial charge in [0.2, 0.25) is 0 Å². The van der Waals surface area contributed by atoms with Crippen molar-refractivity contribution in [1.82, 2.24) is 0 Å². The molecule has 0 aliphatic carbocycles. The lowest BCUT2D eigenvalue weighted by Gasteiger charge is -2.15. The average Bonchev–Trinajstić information content (AvgIpc) is 3.98. The number of ether oxygens (including phenoxy) is 2. The van der Waals surface area contributed by atoms with Gasteiger partial charge in [-0.3, -0.25) is 19.2 Å². The summed E-state index contributed by atoms with van der Waals surface area (Å²) in [7, 11) is 0. The summed E-state index contributed by atoms with van der Waals surface area (Å²) in [5.41, 5.74) is 7.62. The number of carbonyl (C=O) groups is 4. The summed E-state index contributed by atoms with van der Waals surface area (Å²) in [6.45, 7) is 2.23. The number of carbonyl (C=O) groups excluding carboxylic acids is 4. The molecule has 5 heterocycles. The lowest BCUT2D eigenvalue weighted by molar-refractivity contribution is -0.128. The minimum atomic E-state index is -0.320. The van der Waals surface area contributed by atoms with Crippen LogP contribution in [0.1, 0.15) is 37.8 Å². The summed E-state index contributed by atoms with van der Waals surface area (Å²) >= 11 is 7.52. The largest absolute Gasteiger partial charge is 0.485 e. The highest BCUT2D eigenvalue weighted by Gasteiger charge is 2.27. The molecule has 0 unspecified atom stereocenters. The number of Topliss-reactive ketones (excluding diaryl/α,β-unsaturated/α-hetero) is 4. The Morgan fingerprint density at radius 2 is 0.852 bits per heavy atom. The van der Waals surface area contributed by atoms with Crippen LogP contribution in [0.3, 0.4) is 0 Å². The lowest BCUT2D eigenvalue weighted by atomic mass is 9.98. The number of aliphatic imine (C=N–C) groups is 4. The maximum atomic E-state index is 12.4. The Labute approximate surface area is 327 Å². The predicted molar refractivity (Wildman–Crippen MR) is 217 cm³/mol. The number of nitrogens with zero attached hydrogens (tertiary/aromatic N) is 4. The number of hydrogen-bond acceptors (Lipinski definition) is 10. The van der Waals surface area contributed by atoms with E-state index in [-0.39, 0.29) is 49.2 Å². The number of fused-ring (bicyclic) bond motifs is 4. The molecule has 0 spiro atoms. The summed E-state index contributed by atoms with van der Waals surface area (Å²) in [6, 6.07) is 14.7. The van der Waals surface area contributed by atoms with E-state index in [2.05, 4.69) is 31.9 Å². The van der Waals surface area contributed by atoms with Gasteiger partial charge in [-0.05, 0) is 106 Å². The molecule has 0 atom stereocenters. The first-order chi connectivity index (χ1) is 26.0. The number of allylic oxidation sites excluding steroid dienone is 12. The van der Waals surface area contributed by atoms with Crippen LogP contribution in [0.2, 0.25) is 0 Å². The summed E-state index contributed by atoms with van der Waals surface area (Å²) in [6.07, 6.45) is 14.7. The highest BCUT2D eigenvalue weighted by atomic mass is 79.9. The zero-order valence-corrected chi connectivity index (χ0v) is 32.2. The fraction of sp³-hybridized carbons (Fsp3) is 0.143. The molecule has 7 rings (SSSR count). The van der Waals surface area contributed by atoms with Gasteiger partial charge in [0.25, 0.3) is 0 Å². The van der Waals surface area contributed by atoms with Crippen molar-refractivity contribution in [3.05, 3.63) is 140 Å². The van der Waals surface area contributed by atoms with E-state index in [1.54, 1.807) is 12.1 Å². The third-order valence-electron chi connectivity index (χ3n) is 8.47. The predicted octanol–water partition coefficient (Wildman–Crippen LogP) is 7.93. The fourth-order valence-corrected chi connectivity index (χ4v) is 7.03. The highest BCUT2D eigenvalue weighted by Crippen LogP contribution is 2.39. The van der Waals surface area contributed by atoms with Gasteiger partial charge < -0.3 is 9.47 Å². The van der Waals surface area contributed by atoms with Crippen molar-refractivity contribution in [2.75, 3.05) is 13.2 Å². The Bertz CT molecular complexity index is 2280. The number of halogens is 2. The Morgan fingerprint density at radius 3 is 1.26 bits per heavy atom. The second-order valence-corrected chi connectivity index (χ2v) is 14.2. The second-order valence-electron chi connectivity index (χ2n) is 12.6. The first-order valence-corrected chi connectivity index (χ1v) is 18.5. The monoisotopic (exact) mass is 844 g/mol. The summed E-state index contributed by atoms with van der Waals surface area (Å²) < 4.78 is 13.3. The molecule has 5 aliphatic rings. The molecule has 12 heteroatoms. The average molecular weight is 847 g/mol. The Hall–Kier alpha value is -5.72. The molecule has 0 saturated heterocycles. The van der Waals surface area contributed by atoms with Crippen molar-refractivity contribution in [3.8, 4) is 11.5 Å². The van der Waals surface area contributed by atoms with Gasteiger partial charge >= 0.3 is 0 Å². The maximum absolute atomic E-state index is 12.4. The third-order valence-corrected chi connectivity index (χ3v) is 10.1. The topological polar surface area (TPSA) is 136 Å². The van der Waals surface area contributed by atoms with E-state index in [0.29, 0.717) is 88.4 Å². The second kappa shape index (κ2) is 15.7. The molecule has 8 bridgehead atoms. The van der Waals surface area contributed by atoms with E-state index in [4.69, 9.17) is 29.4 Å². The summed E-state index contributed by atoms with van der Waals surface area (Å²) in [4.78, 5) is 68.0. The van der Waals surface area contributed by atoms with E-state index >= 15 is 0 Å². The summed E-state index contributed by atoms with van der Waals surface area (Å²) in [5.74, 6) is -0.206. The maximum Gasteiger partial charge on any atom is 0.177 e.